The van der Waals surface area contributed by atoms with Gasteiger partial charge in [0, 0.05) is 0 Å². The molecule has 0 aliphatic rings. The van der Waals surface area contributed by atoms with Crippen LogP contribution in [0.25, 0.3) is 0 Å². The van der Waals surface area contributed by atoms with E-state index < -0.39 is 0 Å². The molecule has 0 unspecified atom stereocenters. The molecule has 0 saturated heterocycles. The van der Waals surface area contributed by atoms with Crippen LogP contribution in [0.3, 0.4) is 0 Å². The Kier molecular flexibility index (Phi) is 4.79. The van der Waals surface area contributed by atoms with Crippen LogP contribution in [0.1, 0.15) is 25.0 Å². The maximum atomic E-state index is 5.94. The molecule has 0 aromatic heterocycles. The first-order valence-corrected chi connectivity index (χ1v) is 6.66. The minimum absolute atomic E-state index is 0.618. The molecular formula is C18H20O. The molecule has 0 aliphatic heterocycles. The fraction of sp³-hybridized carbons (Fsp3) is 0.222. The molecule has 2 aromatic rings. The molecule has 0 bridgehead atoms. The van der Waals surface area contributed by atoms with Crippen molar-refractivity contribution in [2.45, 2.75) is 26.9 Å². The van der Waals surface area contributed by atoms with Crippen molar-refractivity contribution < 1.29 is 4.74 Å². The number of para-hydroxylation sites is 1. The predicted octanol–water partition coefficient (Wildman–Crippen LogP) is 4.77. The van der Waals surface area contributed by atoms with Gasteiger partial charge in [-0.15, -0.1) is 0 Å². The first kappa shape index (κ1) is 13.4. The van der Waals surface area contributed by atoms with Crippen molar-refractivity contribution in [2.24, 2.45) is 0 Å². The van der Waals surface area contributed by atoms with E-state index >= 15 is 0 Å². The van der Waals surface area contributed by atoms with Crippen molar-refractivity contribution >= 4 is 0 Å². The van der Waals surface area contributed by atoms with Crippen LogP contribution < -0.4 is 4.74 Å². The Morgan fingerprint density at radius 1 is 1.00 bits per heavy atom. The summed E-state index contributed by atoms with van der Waals surface area (Å²) in [4.78, 5) is 0. The highest BCUT2D eigenvalue weighted by molar-refractivity contribution is 5.36. The molecule has 0 fully saturated rings. The maximum Gasteiger partial charge on any atom is 0.123 e. The van der Waals surface area contributed by atoms with Gasteiger partial charge in [0.15, 0.2) is 0 Å². The van der Waals surface area contributed by atoms with Crippen LogP contribution in [0.4, 0.5) is 0 Å². The minimum atomic E-state index is 0.618. The molecule has 0 saturated carbocycles. The maximum absolute atomic E-state index is 5.94. The Morgan fingerprint density at radius 3 is 2.42 bits per heavy atom. The van der Waals surface area contributed by atoms with E-state index in [4.69, 9.17) is 4.74 Å². The third-order valence-corrected chi connectivity index (χ3v) is 3.17. The van der Waals surface area contributed by atoms with Crippen LogP contribution in [0.5, 0.6) is 5.75 Å². The summed E-state index contributed by atoms with van der Waals surface area (Å²) >= 11 is 0. The zero-order valence-electron chi connectivity index (χ0n) is 11.6. The largest absolute Gasteiger partial charge is 0.489 e. The number of hydrogen-bond acceptors (Lipinski definition) is 1. The molecule has 0 amide bonds. The first-order chi connectivity index (χ1) is 9.29. The molecule has 1 nitrogen and oxygen atoms in total. The highest BCUT2D eigenvalue weighted by atomic mass is 16.5. The lowest BCUT2D eigenvalue weighted by Gasteiger charge is -2.11. The molecule has 2 rings (SSSR count). The van der Waals surface area contributed by atoms with Crippen molar-refractivity contribution in [1.82, 2.24) is 0 Å². The fourth-order valence-corrected chi connectivity index (χ4v) is 1.93. The highest BCUT2D eigenvalue weighted by Gasteiger charge is 2.03. The van der Waals surface area contributed by atoms with E-state index in [-0.39, 0.29) is 0 Å². The molecule has 98 valence electrons. The molecule has 0 heterocycles. The Hall–Kier alpha value is -2.02. The molecular weight excluding hydrogens is 232 g/mol. The summed E-state index contributed by atoms with van der Waals surface area (Å²) in [5.41, 5.74) is 3.80. The topological polar surface area (TPSA) is 9.23 Å². The summed E-state index contributed by atoms with van der Waals surface area (Å²) in [7, 11) is 0. The smallest absolute Gasteiger partial charge is 0.123 e. The van der Waals surface area contributed by atoms with Gasteiger partial charge in [-0.1, -0.05) is 60.2 Å². The Labute approximate surface area is 115 Å². The highest BCUT2D eigenvalue weighted by Crippen LogP contribution is 2.22. The van der Waals surface area contributed by atoms with Crippen molar-refractivity contribution in [1.29, 1.82) is 0 Å². The number of benzene rings is 2. The number of allylic oxidation sites excluding steroid dienone is 2. The number of ether oxygens (including phenoxy) is 1. The molecule has 0 spiro atoms. The second-order valence-electron chi connectivity index (χ2n) is 4.69. The quantitative estimate of drug-likeness (QED) is 0.696. The van der Waals surface area contributed by atoms with E-state index in [1.807, 2.05) is 30.3 Å². The van der Waals surface area contributed by atoms with Gasteiger partial charge in [0.2, 0.25) is 0 Å². The van der Waals surface area contributed by atoms with Crippen LogP contribution in [0.15, 0.2) is 66.2 Å². The average molecular weight is 252 g/mol. The molecule has 0 N–H and O–H groups in total. The third-order valence-electron chi connectivity index (χ3n) is 3.17. The summed E-state index contributed by atoms with van der Waals surface area (Å²) in [5.74, 6) is 0.979. The van der Waals surface area contributed by atoms with Gasteiger partial charge < -0.3 is 4.74 Å². The lowest BCUT2D eigenvalue weighted by Crippen LogP contribution is -1.99. The van der Waals surface area contributed by atoms with Crippen LogP contribution in [-0.4, -0.2) is 0 Å². The molecule has 0 atom stereocenters. The zero-order chi connectivity index (χ0) is 13.5. The molecule has 19 heavy (non-hydrogen) atoms. The molecule has 0 radical (unpaired) electrons. The summed E-state index contributed by atoms with van der Waals surface area (Å²) in [5, 5.41) is 0. The lowest BCUT2D eigenvalue weighted by atomic mass is 10.1. The van der Waals surface area contributed by atoms with Gasteiger partial charge in [-0.3, -0.25) is 0 Å². The van der Waals surface area contributed by atoms with Gasteiger partial charge in [0.1, 0.15) is 12.4 Å². The summed E-state index contributed by atoms with van der Waals surface area (Å²) in [6, 6.07) is 18.5. The van der Waals surface area contributed by atoms with Crippen LogP contribution in [0, 0.1) is 0 Å². The predicted molar refractivity (Wildman–Crippen MR) is 80.4 cm³/mol. The van der Waals surface area contributed by atoms with Crippen molar-refractivity contribution in [2.75, 3.05) is 0 Å². The zero-order valence-corrected chi connectivity index (χ0v) is 11.6. The third kappa shape index (κ3) is 3.99. The Balaban J connectivity index is 2.08. The summed E-state index contributed by atoms with van der Waals surface area (Å²) in [6.07, 6.45) is 3.09. The molecule has 0 aliphatic carbocycles. The van der Waals surface area contributed by atoms with E-state index in [0.717, 1.165) is 12.2 Å². The molecule has 2 aromatic carbocycles. The normalized spacial score (nSPS) is 11.4. The van der Waals surface area contributed by atoms with E-state index in [1.165, 1.54) is 16.7 Å². The van der Waals surface area contributed by atoms with E-state index in [0.29, 0.717) is 6.61 Å². The van der Waals surface area contributed by atoms with Crippen LogP contribution >= 0.6 is 0 Å². The van der Waals surface area contributed by atoms with Crippen LogP contribution in [-0.2, 0) is 13.0 Å². The van der Waals surface area contributed by atoms with Crippen molar-refractivity contribution in [3.05, 3.63) is 77.4 Å². The van der Waals surface area contributed by atoms with Crippen molar-refractivity contribution in [3.63, 3.8) is 0 Å². The van der Waals surface area contributed by atoms with Crippen LogP contribution in [0.2, 0.25) is 0 Å². The Morgan fingerprint density at radius 2 is 1.68 bits per heavy atom. The fourth-order valence-electron chi connectivity index (χ4n) is 1.93. The number of rotatable bonds is 5. The van der Waals surface area contributed by atoms with Gasteiger partial charge in [-0.2, -0.15) is 0 Å². The Bertz CT molecular complexity index is 541. The summed E-state index contributed by atoms with van der Waals surface area (Å²) < 4.78 is 5.94. The monoisotopic (exact) mass is 252 g/mol. The molecule has 1 heteroatoms. The van der Waals surface area contributed by atoms with E-state index in [9.17, 15) is 0 Å². The lowest BCUT2D eigenvalue weighted by molar-refractivity contribution is 0.303. The average Bonchev–Trinajstić information content (AvgIpc) is 2.47. The SMILES string of the molecule is CC=C(C)Cc1ccccc1OCc1ccccc1. The second-order valence-corrected chi connectivity index (χ2v) is 4.69. The minimum Gasteiger partial charge on any atom is -0.489 e. The van der Waals surface area contributed by atoms with E-state index in [2.05, 4.69) is 44.2 Å². The van der Waals surface area contributed by atoms with Gasteiger partial charge in [-0.05, 0) is 37.5 Å². The van der Waals surface area contributed by atoms with E-state index in [1.54, 1.807) is 0 Å². The van der Waals surface area contributed by atoms with Gasteiger partial charge in [-0.25, -0.2) is 0 Å². The van der Waals surface area contributed by atoms with Gasteiger partial charge in [0.05, 0.1) is 0 Å². The summed E-state index contributed by atoms with van der Waals surface area (Å²) in [6.45, 7) is 4.84. The standard InChI is InChI=1S/C18H20O/c1-3-15(2)13-17-11-7-8-12-18(17)19-14-16-9-5-4-6-10-16/h3-12H,13-14H2,1-2H3. The first-order valence-electron chi connectivity index (χ1n) is 6.66. The van der Waals surface area contributed by atoms with Gasteiger partial charge in [0.25, 0.3) is 0 Å². The van der Waals surface area contributed by atoms with Gasteiger partial charge >= 0.3 is 0 Å². The second kappa shape index (κ2) is 6.79. The van der Waals surface area contributed by atoms with Crippen molar-refractivity contribution in [3.8, 4) is 5.75 Å². The number of hydrogen-bond donors (Lipinski definition) is 0.